The van der Waals surface area contributed by atoms with Crippen LogP contribution in [0.25, 0.3) is 0 Å². The predicted octanol–water partition coefficient (Wildman–Crippen LogP) is 3.38. The number of nitrogens with zero attached hydrogens (tertiary/aromatic N) is 1. The molecule has 1 spiro atoms. The van der Waals surface area contributed by atoms with Crippen LogP contribution in [0.3, 0.4) is 0 Å². The van der Waals surface area contributed by atoms with E-state index < -0.39 is 0 Å². The molecule has 0 atom stereocenters. The first-order valence-electron chi connectivity index (χ1n) is 6.77. The van der Waals surface area contributed by atoms with E-state index in [1.807, 2.05) is 4.90 Å². The Morgan fingerprint density at radius 1 is 1.28 bits per heavy atom. The molecule has 96 valence electrons. The second-order valence-corrected chi connectivity index (χ2v) is 6.87. The van der Waals surface area contributed by atoms with Gasteiger partial charge in [0.15, 0.2) is 0 Å². The van der Waals surface area contributed by atoms with E-state index in [0.29, 0.717) is 5.41 Å². The lowest BCUT2D eigenvalue weighted by Crippen LogP contribution is -2.29. The van der Waals surface area contributed by atoms with Crippen LogP contribution in [0.5, 0.6) is 0 Å². The van der Waals surface area contributed by atoms with Gasteiger partial charge >= 0.3 is 0 Å². The average Bonchev–Trinajstić information content (AvgIpc) is 2.96. The first-order valence-corrected chi connectivity index (χ1v) is 6.77. The molecule has 0 radical (unpaired) electrons. The third-order valence-corrected chi connectivity index (χ3v) is 4.42. The lowest BCUT2D eigenvalue weighted by molar-refractivity contribution is -0.116. The fourth-order valence-electron chi connectivity index (χ4n) is 3.00. The quantitative estimate of drug-likeness (QED) is 0.684. The molecule has 0 N–H and O–H groups in total. The van der Waals surface area contributed by atoms with E-state index in [1.165, 1.54) is 24.0 Å². The number of carbonyl (C=O) groups excluding carboxylic acids is 1. The highest BCUT2D eigenvalue weighted by Crippen LogP contribution is 2.56. The van der Waals surface area contributed by atoms with Gasteiger partial charge in [-0.15, -0.1) is 0 Å². The molecule has 0 saturated heterocycles. The van der Waals surface area contributed by atoms with E-state index in [1.54, 1.807) is 6.92 Å². The highest BCUT2D eigenvalue weighted by Gasteiger charge is 2.52. The fraction of sp³-hybridized carbons (Fsp3) is 0.562. The maximum absolute atomic E-state index is 11.8. The van der Waals surface area contributed by atoms with Crippen LogP contribution in [0.2, 0.25) is 0 Å². The summed E-state index contributed by atoms with van der Waals surface area (Å²) in [5, 5.41) is 0. The Bertz CT molecular complexity index is 520. The number of hydrogen-bond acceptors (Lipinski definition) is 1. The SMILES string of the molecule is CC(=O)N1CC2(CC2)c2ccc(C(C)(C)C)cc21. The summed E-state index contributed by atoms with van der Waals surface area (Å²) in [6, 6.07) is 6.72. The number of anilines is 1. The minimum atomic E-state index is 0.136. The summed E-state index contributed by atoms with van der Waals surface area (Å²) in [6.45, 7) is 9.22. The van der Waals surface area contributed by atoms with Crippen molar-refractivity contribution >= 4 is 11.6 Å². The molecular formula is C16H21NO. The summed E-state index contributed by atoms with van der Waals surface area (Å²) in [6.07, 6.45) is 2.47. The van der Waals surface area contributed by atoms with E-state index in [2.05, 4.69) is 39.0 Å². The highest BCUT2D eigenvalue weighted by molar-refractivity contribution is 5.95. The zero-order chi connectivity index (χ0) is 13.1. The third kappa shape index (κ3) is 1.58. The van der Waals surface area contributed by atoms with Gasteiger partial charge in [0.2, 0.25) is 5.91 Å². The maximum atomic E-state index is 11.8. The Balaban J connectivity index is 2.12. The van der Waals surface area contributed by atoms with E-state index in [4.69, 9.17) is 0 Å². The summed E-state index contributed by atoms with van der Waals surface area (Å²) >= 11 is 0. The zero-order valence-corrected chi connectivity index (χ0v) is 11.7. The van der Waals surface area contributed by atoms with Crippen molar-refractivity contribution < 1.29 is 4.79 Å². The van der Waals surface area contributed by atoms with Crippen molar-refractivity contribution in [3.8, 4) is 0 Å². The van der Waals surface area contributed by atoms with Gasteiger partial charge in [0.05, 0.1) is 0 Å². The van der Waals surface area contributed by atoms with Crippen LogP contribution >= 0.6 is 0 Å². The van der Waals surface area contributed by atoms with Crippen LogP contribution in [0.15, 0.2) is 18.2 Å². The van der Waals surface area contributed by atoms with Crippen molar-refractivity contribution in [2.75, 3.05) is 11.4 Å². The summed E-state index contributed by atoms with van der Waals surface area (Å²) in [5.74, 6) is 0.172. The molecule has 2 heteroatoms. The van der Waals surface area contributed by atoms with Crippen molar-refractivity contribution in [1.82, 2.24) is 0 Å². The van der Waals surface area contributed by atoms with Gasteiger partial charge in [-0.1, -0.05) is 32.9 Å². The largest absolute Gasteiger partial charge is 0.311 e. The minimum absolute atomic E-state index is 0.136. The lowest BCUT2D eigenvalue weighted by atomic mass is 9.85. The minimum Gasteiger partial charge on any atom is -0.311 e. The Kier molecular flexibility index (Phi) is 2.20. The van der Waals surface area contributed by atoms with E-state index in [9.17, 15) is 4.79 Å². The number of fused-ring (bicyclic) bond motifs is 2. The zero-order valence-electron chi connectivity index (χ0n) is 11.7. The lowest BCUT2D eigenvalue weighted by Gasteiger charge is -2.22. The summed E-state index contributed by atoms with van der Waals surface area (Å²) in [4.78, 5) is 13.8. The van der Waals surface area contributed by atoms with Gasteiger partial charge in [0.25, 0.3) is 0 Å². The summed E-state index contributed by atoms with van der Waals surface area (Å²) in [7, 11) is 0. The molecule has 1 aromatic carbocycles. The van der Waals surface area contributed by atoms with Crippen LogP contribution in [-0.4, -0.2) is 12.5 Å². The fourth-order valence-corrected chi connectivity index (χ4v) is 3.00. The standard InChI is InChI=1S/C16H21NO/c1-11(18)17-10-16(7-8-16)13-6-5-12(9-14(13)17)15(2,3)4/h5-6,9H,7-8,10H2,1-4H3. The first-order chi connectivity index (χ1) is 8.33. The number of hydrogen-bond donors (Lipinski definition) is 0. The molecule has 1 aromatic rings. The van der Waals surface area contributed by atoms with Crippen molar-refractivity contribution in [2.24, 2.45) is 0 Å². The smallest absolute Gasteiger partial charge is 0.223 e. The summed E-state index contributed by atoms with van der Waals surface area (Å²) < 4.78 is 0. The average molecular weight is 243 g/mol. The predicted molar refractivity (Wildman–Crippen MR) is 74.1 cm³/mol. The van der Waals surface area contributed by atoms with Gasteiger partial charge in [-0.2, -0.15) is 0 Å². The van der Waals surface area contributed by atoms with Gasteiger partial charge in [-0.05, 0) is 35.4 Å². The van der Waals surface area contributed by atoms with Crippen molar-refractivity contribution in [3.63, 3.8) is 0 Å². The molecular weight excluding hydrogens is 222 g/mol. The third-order valence-electron chi connectivity index (χ3n) is 4.42. The maximum Gasteiger partial charge on any atom is 0.223 e. The molecule has 0 unspecified atom stereocenters. The molecule has 0 bridgehead atoms. The van der Waals surface area contributed by atoms with Crippen LogP contribution in [0, 0.1) is 0 Å². The van der Waals surface area contributed by atoms with Crippen LogP contribution in [0.1, 0.15) is 51.7 Å². The number of carbonyl (C=O) groups is 1. The molecule has 1 saturated carbocycles. The molecule has 1 aliphatic heterocycles. The van der Waals surface area contributed by atoms with Crippen molar-refractivity contribution in [3.05, 3.63) is 29.3 Å². The van der Waals surface area contributed by atoms with E-state index in [-0.39, 0.29) is 11.3 Å². The summed E-state index contributed by atoms with van der Waals surface area (Å²) in [5.41, 5.74) is 4.30. The van der Waals surface area contributed by atoms with Gasteiger partial charge in [0, 0.05) is 24.6 Å². The van der Waals surface area contributed by atoms with Crippen LogP contribution < -0.4 is 4.90 Å². The number of rotatable bonds is 0. The number of benzene rings is 1. The molecule has 2 aliphatic rings. The van der Waals surface area contributed by atoms with E-state index >= 15 is 0 Å². The van der Waals surface area contributed by atoms with Gasteiger partial charge in [0.1, 0.15) is 0 Å². The van der Waals surface area contributed by atoms with E-state index in [0.717, 1.165) is 12.2 Å². The molecule has 2 nitrogen and oxygen atoms in total. The van der Waals surface area contributed by atoms with Gasteiger partial charge in [-0.3, -0.25) is 4.79 Å². The molecule has 1 aliphatic carbocycles. The Morgan fingerprint density at radius 2 is 1.94 bits per heavy atom. The van der Waals surface area contributed by atoms with Gasteiger partial charge < -0.3 is 4.90 Å². The van der Waals surface area contributed by atoms with Crippen LogP contribution in [-0.2, 0) is 15.6 Å². The molecule has 0 aromatic heterocycles. The van der Waals surface area contributed by atoms with Crippen molar-refractivity contribution in [2.45, 2.75) is 51.4 Å². The molecule has 1 heterocycles. The Morgan fingerprint density at radius 3 is 2.44 bits per heavy atom. The first kappa shape index (κ1) is 11.8. The van der Waals surface area contributed by atoms with Gasteiger partial charge in [-0.25, -0.2) is 0 Å². The Labute approximate surface area is 109 Å². The monoisotopic (exact) mass is 243 g/mol. The molecule has 1 amide bonds. The Hall–Kier alpha value is -1.31. The van der Waals surface area contributed by atoms with Crippen molar-refractivity contribution in [1.29, 1.82) is 0 Å². The normalized spacial score (nSPS) is 20.1. The van der Waals surface area contributed by atoms with Crippen LogP contribution in [0.4, 0.5) is 5.69 Å². The second kappa shape index (κ2) is 3.37. The molecule has 18 heavy (non-hydrogen) atoms. The second-order valence-electron chi connectivity index (χ2n) is 6.87. The topological polar surface area (TPSA) is 20.3 Å². The molecule has 1 fully saturated rings. The highest BCUT2D eigenvalue weighted by atomic mass is 16.2. The number of amides is 1. The molecule has 3 rings (SSSR count).